The molecule has 21 heavy (non-hydrogen) atoms. The van der Waals surface area contributed by atoms with Gasteiger partial charge in [0.1, 0.15) is 0 Å². The molecule has 1 unspecified atom stereocenters. The van der Waals surface area contributed by atoms with Crippen molar-refractivity contribution in [2.45, 2.75) is 38.0 Å². The topological polar surface area (TPSA) is 58.2 Å². The molecular formula is C16H26N2O2S. The fraction of sp³-hybridized carbons (Fsp3) is 0.625. The maximum absolute atomic E-state index is 12.2. The lowest BCUT2D eigenvalue weighted by Crippen LogP contribution is -2.29. The number of benzene rings is 1. The fourth-order valence-corrected chi connectivity index (χ4v) is 3.54. The van der Waals surface area contributed by atoms with Crippen LogP contribution in [0.3, 0.4) is 0 Å². The molecule has 0 aliphatic heterocycles. The molecule has 0 radical (unpaired) electrons. The monoisotopic (exact) mass is 310 g/mol. The standard InChI is InChI=1S/C16H26N2O2S/c1-3-17-11-10-14-4-8-16(9-5-14)21(19,20)18-12-13(2)15-6-7-15/h4-5,8-9,13,15,17-18H,3,6-7,10-12H2,1-2H3. The van der Waals surface area contributed by atoms with Gasteiger partial charge in [-0.1, -0.05) is 26.0 Å². The Morgan fingerprint density at radius 1 is 1.24 bits per heavy atom. The smallest absolute Gasteiger partial charge is 0.240 e. The zero-order chi connectivity index (χ0) is 15.3. The third kappa shape index (κ3) is 5.09. The van der Waals surface area contributed by atoms with Gasteiger partial charge in [0.15, 0.2) is 0 Å². The van der Waals surface area contributed by atoms with Crippen molar-refractivity contribution in [1.29, 1.82) is 0 Å². The predicted molar refractivity (Wildman–Crippen MR) is 85.8 cm³/mol. The van der Waals surface area contributed by atoms with E-state index in [4.69, 9.17) is 0 Å². The molecule has 0 aromatic heterocycles. The van der Waals surface area contributed by atoms with E-state index < -0.39 is 10.0 Å². The molecule has 1 aliphatic rings. The van der Waals surface area contributed by atoms with Crippen molar-refractivity contribution < 1.29 is 8.42 Å². The lowest BCUT2D eigenvalue weighted by molar-refractivity contribution is 0.492. The fourth-order valence-electron chi connectivity index (χ4n) is 2.40. The normalized spacial score (nSPS) is 16.9. The highest BCUT2D eigenvalue weighted by Crippen LogP contribution is 2.36. The summed E-state index contributed by atoms with van der Waals surface area (Å²) in [7, 11) is -3.37. The van der Waals surface area contributed by atoms with E-state index in [1.54, 1.807) is 12.1 Å². The van der Waals surface area contributed by atoms with E-state index in [0.717, 1.165) is 25.1 Å². The summed E-state index contributed by atoms with van der Waals surface area (Å²) in [6, 6.07) is 7.20. The van der Waals surface area contributed by atoms with Crippen LogP contribution in [0.4, 0.5) is 0 Å². The molecule has 118 valence electrons. The predicted octanol–water partition coefficient (Wildman–Crippen LogP) is 2.16. The van der Waals surface area contributed by atoms with Gasteiger partial charge in [-0.2, -0.15) is 0 Å². The van der Waals surface area contributed by atoms with Crippen LogP contribution in [-0.2, 0) is 16.4 Å². The number of hydrogen-bond acceptors (Lipinski definition) is 3. The molecule has 0 bridgehead atoms. The summed E-state index contributed by atoms with van der Waals surface area (Å²) in [6.07, 6.45) is 3.40. The van der Waals surface area contributed by atoms with Crippen LogP contribution in [0.5, 0.6) is 0 Å². The first-order valence-electron chi connectivity index (χ1n) is 7.82. The third-order valence-corrected chi connectivity index (χ3v) is 5.54. The highest BCUT2D eigenvalue weighted by atomic mass is 32.2. The largest absolute Gasteiger partial charge is 0.317 e. The second kappa shape index (κ2) is 7.38. The summed E-state index contributed by atoms with van der Waals surface area (Å²) in [6.45, 7) is 6.60. The van der Waals surface area contributed by atoms with Gasteiger partial charge >= 0.3 is 0 Å². The molecule has 1 aromatic carbocycles. The van der Waals surface area contributed by atoms with Crippen LogP contribution in [0.25, 0.3) is 0 Å². The Labute approximate surface area is 128 Å². The van der Waals surface area contributed by atoms with Gasteiger partial charge in [0.05, 0.1) is 4.90 Å². The van der Waals surface area contributed by atoms with Crippen molar-refractivity contribution in [1.82, 2.24) is 10.0 Å². The molecule has 1 fully saturated rings. The Bertz CT molecular complexity index is 536. The summed E-state index contributed by atoms with van der Waals surface area (Å²) in [4.78, 5) is 0.359. The molecule has 2 rings (SSSR count). The molecule has 0 spiro atoms. The molecule has 5 heteroatoms. The maximum Gasteiger partial charge on any atom is 0.240 e. The molecule has 1 saturated carbocycles. The zero-order valence-electron chi connectivity index (χ0n) is 12.9. The summed E-state index contributed by atoms with van der Waals surface area (Å²) in [5.41, 5.74) is 1.15. The molecule has 2 N–H and O–H groups in total. The van der Waals surface area contributed by atoms with Crippen LogP contribution in [0.1, 0.15) is 32.3 Å². The third-order valence-electron chi connectivity index (χ3n) is 4.10. The molecule has 0 heterocycles. The van der Waals surface area contributed by atoms with Crippen LogP contribution in [0.15, 0.2) is 29.2 Å². The maximum atomic E-state index is 12.2. The molecule has 4 nitrogen and oxygen atoms in total. The van der Waals surface area contributed by atoms with Crippen molar-refractivity contribution in [3.05, 3.63) is 29.8 Å². The zero-order valence-corrected chi connectivity index (χ0v) is 13.7. The SMILES string of the molecule is CCNCCc1ccc(S(=O)(=O)NCC(C)C2CC2)cc1. The Kier molecular flexibility index (Phi) is 5.79. The Hall–Kier alpha value is -0.910. The number of nitrogens with one attached hydrogen (secondary N) is 2. The van der Waals surface area contributed by atoms with Crippen molar-refractivity contribution in [2.75, 3.05) is 19.6 Å². The molecule has 0 saturated heterocycles. The van der Waals surface area contributed by atoms with Crippen LogP contribution >= 0.6 is 0 Å². The molecule has 0 amide bonds. The average molecular weight is 310 g/mol. The van der Waals surface area contributed by atoms with Gasteiger partial charge in [0.25, 0.3) is 0 Å². The summed E-state index contributed by atoms with van der Waals surface area (Å²) < 4.78 is 27.2. The second-order valence-electron chi connectivity index (χ2n) is 5.91. The van der Waals surface area contributed by atoms with Gasteiger partial charge in [0, 0.05) is 6.54 Å². The van der Waals surface area contributed by atoms with Gasteiger partial charge in [-0.15, -0.1) is 0 Å². The van der Waals surface area contributed by atoms with Gasteiger partial charge < -0.3 is 5.32 Å². The van der Waals surface area contributed by atoms with E-state index in [2.05, 4.69) is 23.9 Å². The molecule has 1 aliphatic carbocycles. The lowest BCUT2D eigenvalue weighted by atomic mass is 10.1. The number of likely N-dealkylation sites (N-methyl/N-ethyl adjacent to an activating group) is 1. The first-order valence-corrected chi connectivity index (χ1v) is 9.30. The van der Waals surface area contributed by atoms with Crippen molar-refractivity contribution in [3.63, 3.8) is 0 Å². The first-order chi connectivity index (χ1) is 10.0. The molecule has 1 atom stereocenters. The van der Waals surface area contributed by atoms with Gasteiger partial charge in [0.2, 0.25) is 10.0 Å². The lowest BCUT2D eigenvalue weighted by Gasteiger charge is -2.12. The van der Waals surface area contributed by atoms with E-state index >= 15 is 0 Å². The van der Waals surface area contributed by atoms with E-state index in [1.807, 2.05) is 12.1 Å². The minimum Gasteiger partial charge on any atom is -0.317 e. The van der Waals surface area contributed by atoms with Crippen LogP contribution in [0, 0.1) is 11.8 Å². The molecular weight excluding hydrogens is 284 g/mol. The minimum absolute atomic E-state index is 0.359. The quantitative estimate of drug-likeness (QED) is 0.687. The highest BCUT2D eigenvalue weighted by molar-refractivity contribution is 7.89. The highest BCUT2D eigenvalue weighted by Gasteiger charge is 2.28. The van der Waals surface area contributed by atoms with Crippen LogP contribution in [0.2, 0.25) is 0 Å². The first kappa shape index (κ1) is 16.5. The van der Waals surface area contributed by atoms with Crippen molar-refractivity contribution >= 4 is 10.0 Å². The van der Waals surface area contributed by atoms with Gasteiger partial charge in [-0.3, -0.25) is 0 Å². The van der Waals surface area contributed by atoms with Crippen LogP contribution < -0.4 is 10.0 Å². The summed E-state index contributed by atoms with van der Waals surface area (Å²) in [5, 5.41) is 3.26. The van der Waals surface area contributed by atoms with E-state index in [1.165, 1.54) is 12.8 Å². The second-order valence-corrected chi connectivity index (χ2v) is 7.68. The van der Waals surface area contributed by atoms with Gasteiger partial charge in [-0.25, -0.2) is 13.1 Å². The Morgan fingerprint density at radius 3 is 2.48 bits per heavy atom. The van der Waals surface area contributed by atoms with E-state index in [-0.39, 0.29) is 0 Å². The number of rotatable bonds is 9. The van der Waals surface area contributed by atoms with Crippen molar-refractivity contribution in [2.24, 2.45) is 11.8 Å². The number of hydrogen-bond donors (Lipinski definition) is 2. The summed E-state index contributed by atoms with van der Waals surface area (Å²) in [5.74, 6) is 1.14. The van der Waals surface area contributed by atoms with Crippen molar-refractivity contribution in [3.8, 4) is 0 Å². The number of sulfonamides is 1. The summed E-state index contributed by atoms with van der Waals surface area (Å²) >= 11 is 0. The Morgan fingerprint density at radius 2 is 1.90 bits per heavy atom. The van der Waals surface area contributed by atoms with Crippen LogP contribution in [-0.4, -0.2) is 28.1 Å². The van der Waals surface area contributed by atoms with E-state index in [0.29, 0.717) is 23.3 Å². The average Bonchev–Trinajstić information content (AvgIpc) is 3.30. The van der Waals surface area contributed by atoms with E-state index in [9.17, 15) is 8.42 Å². The minimum atomic E-state index is -3.37. The Balaban J connectivity index is 1.89. The van der Waals surface area contributed by atoms with Gasteiger partial charge in [-0.05, 0) is 61.9 Å². The molecule has 1 aromatic rings.